The third kappa shape index (κ3) is 4.27. The van der Waals surface area contributed by atoms with Crippen LogP contribution in [0.25, 0.3) is 0 Å². The number of nitrogens with one attached hydrogen (secondary N) is 1. The van der Waals surface area contributed by atoms with Crippen LogP contribution >= 0.6 is 0 Å². The Kier molecular flexibility index (Phi) is 5.34. The Hall–Kier alpha value is -2.06. The summed E-state index contributed by atoms with van der Waals surface area (Å²) in [5, 5.41) is 2.46. The molecular formula is C14H17FN2O2. The van der Waals surface area contributed by atoms with Gasteiger partial charge in [0.1, 0.15) is 0 Å². The molecule has 0 saturated heterocycles. The van der Waals surface area contributed by atoms with Crippen LogP contribution in [0.15, 0.2) is 18.2 Å². The first-order valence-electron chi connectivity index (χ1n) is 5.88. The Morgan fingerprint density at radius 3 is 2.79 bits per heavy atom. The maximum Gasteiger partial charge on any atom is 0.261 e. The normalized spacial score (nSPS) is 13.2. The second kappa shape index (κ2) is 6.76. The second-order valence-corrected chi connectivity index (χ2v) is 4.16. The molecule has 2 atom stereocenters. The van der Waals surface area contributed by atoms with Crippen molar-refractivity contribution in [3.8, 4) is 18.1 Å². The van der Waals surface area contributed by atoms with Crippen molar-refractivity contribution in [2.24, 2.45) is 5.73 Å². The predicted octanol–water partition coefficient (Wildman–Crippen LogP) is 1.36. The Labute approximate surface area is 112 Å². The van der Waals surface area contributed by atoms with E-state index < -0.39 is 17.8 Å². The topological polar surface area (TPSA) is 64.3 Å². The molecular weight excluding hydrogens is 247 g/mol. The molecule has 1 amide bonds. The van der Waals surface area contributed by atoms with Crippen LogP contribution < -0.4 is 15.8 Å². The molecule has 0 aliphatic heterocycles. The number of ether oxygens (including phenoxy) is 1. The van der Waals surface area contributed by atoms with Crippen molar-refractivity contribution in [1.29, 1.82) is 0 Å². The van der Waals surface area contributed by atoms with E-state index in [-0.39, 0.29) is 18.3 Å². The van der Waals surface area contributed by atoms with E-state index in [0.29, 0.717) is 5.56 Å². The molecule has 19 heavy (non-hydrogen) atoms. The second-order valence-electron chi connectivity index (χ2n) is 4.16. The number of carbonyl (C=O) groups is 1. The minimum atomic E-state index is -0.830. The van der Waals surface area contributed by atoms with Gasteiger partial charge in [-0.3, -0.25) is 4.79 Å². The summed E-state index contributed by atoms with van der Waals surface area (Å²) in [6.45, 7) is 3.38. The van der Waals surface area contributed by atoms with Crippen LogP contribution in [-0.4, -0.2) is 18.6 Å². The minimum Gasteiger partial charge on any atom is -0.478 e. The fourth-order valence-electron chi connectivity index (χ4n) is 1.42. The fourth-order valence-corrected chi connectivity index (χ4v) is 1.42. The van der Waals surface area contributed by atoms with Crippen LogP contribution in [0.1, 0.15) is 25.5 Å². The molecule has 0 saturated carbocycles. The van der Waals surface area contributed by atoms with Crippen LogP contribution in [0, 0.1) is 18.2 Å². The van der Waals surface area contributed by atoms with E-state index in [2.05, 4.69) is 11.2 Å². The van der Waals surface area contributed by atoms with E-state index in [9.17, 15) is 9.18 Å². The number of nitrogens with two attached hydrogens (primary N) is 1. The SMILES string of the molecule is C#CCNC(=O)C(C)Oc1ccc([C@@H](C)N)cc1F. The highest BCUT2D eigenvalue weighted by Gasteiger charge is 2.16. The van der Waals surface area contributed by atoms with Gasteiger partial charge >= 0.3 is 0 Å². The van der Waals surface area contributed by atoms with Gasteiger partial charge in [-0.15, -0.1) is 6.42 Å². The smallest absolute Gasteiger partial charge is 0.261 e. The first-order valence-corrected chi connectivity index (χ1v) is 5.88. The van der Waals surface area contributed by atoms with Crippen LogP contribution in [-0.2, 0) is 4.79 Å². The molecule has 0 bridgehead atoms. The number of hydrogen-bond donors (Lipinski definition) is 2. The lowest BCUT2D eigenvalue weighted by Gasteiger charge is -2.15. The molecule has 0 radical (unpaired) electrons. The molecule has 1 aromatic carbocycles. The van der Waals surface area contributed by atoms with Crippen molar-refractivity contribution in [2.45, 2.75) is 26.0 Å². The quantitative estimate of drug-likeness (QED) is 0.789. The number of amides is 1. The number of benzene rings is 1. The standard InChI is InChI=1S/C14H17FN2O2/c1-4-7-17-14(18)10(3)19-13-6-5-11(9(2)16)8-12(13)15/h1,5-6,8-10H,7,16H2,2-3H3,(H,17,18)/t9-,10?/m1/s1. The van der Waals surface area contributed by atoms with E-state index >= 15 is 0 Å². The number of carbonyl (C=O) groups excluding carboxylic acids is 1. The van der Waals surface area contributed by atoms with E-state index in [0.717, 1.165) is 0 Å². The number of halogens is 1. The molecule has 1 rings (SSSR count). The minimum absolute atomic E-state index is 0.00718. The van der Waals surface area contributed by atoms with Crippen molar-refractivity contribution in [1.82, 2.24) is 5.32 Å². The van der Waals surface area contributed by atoms with E-state index in [1.54, 1.807) is 13.0 Å². The predicted molar refractivity (Wildman–Crippen MR) is 70.9 cm³/mol. The summed E-state index contributed by atoms with van der Waals surface area (Å²) < 4.78 is 19.0. The van der Waals surface area contributed by atoms with Gasteiger partial charge in [-0.05, 0) is 31.5 Å². The third-order valence-corrected chi connectivity index (χ3v) is 2.52. The largest absolute Gasteiger partial charge is 0.478 e. The third-order valence-electron chi connectivity index (χ3n) is 2.52. The lowest BCUT2D eigenvalue weighted by Crippen LogP contribution is -2.36. The van der Waals surface area contributed by atoms with Gasteiger partial charge in [-0.1, -0.05) is 12.0 Å². The summed E-state index contributed by atoms with van der Waals surface area (Å²) in [5.41, 5.74) is 6.31. The highest BCUT2D eigenvalue weighted by Crippen LogP contribution is 2.22. The highest BCUT2D eigenvalue weighted by atomic mass is 19.1. The van der Waals surface area contributed by atoms with Gasteiger partial charge in [-0.2, -0.15) is 0 Å². The van der Waals surface area contributed by atoms with Gasteiger partial charge in [0.2, 0.25) is 0 Å². The number of rotatable bonds is 5. The summed E-state index contributed by atoms with van der Waals surface area (Å²) >= 11 is 0. The molecule has 4 nitrogen and oxygen atoms in total. The van der Waals surface area contributed by atoms with Gasteiger partial charge in [-0.25, -0.2) is 4.39 Å². The van der Waals surface area contributed by atoms with Crippen LogP contribution in [0.5, 0.6) is 5.75 Å². The Bertz CT molecular complexity index is 495. The Morgan fingerprint density at radius 1 is 1.58 bits per heavy atom. The molecule has 0 aliphatic carbocycles. The van der Waals surface area contributed by atoms with E-state index in [1.807, 2.05) is 0 Å². The number of hydrogen-bond acceptors (Lipinski definition) is 3. The highest BCUT2D eigenvalue weighted by molar-refractivity contribution is 5.80. The fraction of sp³-hybridized carbons (Fsp3) is 0.357. The zero-order chi connectivity index (χ0) is 14.4. The molecule has 0 spiro atoms. The monoisotopic (exact) mass is 264 g/mol. The van der Waals surface area contributed by atoms with Crippen LogP contribution in [0.2, 0.25) is 0 Å². The van der Waals surface area contributed by atoms with Crippen molar-refractivity contribution >= 4 is 5.91 Å². The van der Waals surface area contributed by atoms with Crippen molar-refractivity contribution in [3.05, 3.63) is 29.6 Å². The zero-order valence-electron chi connectivity index (χ0n) is 10.9. The first kappa shape index (κ1) is 15.0. The van der Waals surface area contributed by atoms with Crippen molar-refractivity contribution in [3.63, 3.8) is 0 Å². The maximum atomic E-state index is 13.7. The number of terminal acetylenes is 1. The van der Waals surface area contributed by atoms with Crippen molar-refractivity contribution < 1.29 is 13.9 Å². The lowest BCUT2D eigenvalue weighted by atomic mass is 10.1. The molecule has 1 aromatic rings. The summed E-state index contributed by atoms with van der Waals surface area (Å²) in [6, 6.07) is 4.15. The first-order chi connectivity index (χ1) is 8.95. The Morgan fingerprint density at radius 2 is 2.26 bits per heavy atom. The summed E-state index contributed by atoms with van der Waals surface area (Å²) in [4.78, 5) is 11.5. The van der Waals surface area contributed by atoms with Crippen LogP contribution in [0.4, 0.5) is 4.39 Å². The molecule has 5 heteroatoms. The van der Waals surface area contributed by atoms with Crippen molar-refractivity contribution in [2.75, 3.05) is 6.54 Å². The lowest BCUT2D eigenvalue weighted by molar-refractivity contribution is -0.127. The van der Waals surface area contributed by atoms with Gasteiger partial charge in [0.15, 0.2) is 17.7 Å². The maximum absolute atomic E-state index is 13.7. The Balaban J connectivity index is 2.72. The van der Waals surface area contributed by atoms with Crippen LogP contribution in [0.3, 0.4) is 0 Å². The molecule has 0 aliphatic rings. The molecule has 0 heterocycles. The molecule has 0 aromatic heterocycles. The summed E-state index contributed by atoms with van der Waals surface area (Å²) in [7, 11) is 0. The molecule has 0 fully saturated rings. The van der Waals surface area contributed by atoms with Gasteiger partial charge < -0.3 is 15.8 Å². The molecule has 102 valence electrons. The van der Waals surface area contributed by atoms with Gasteiger partial charge in [0, 0.05) is 6.04 Å². The molecule has 1 unspecified atom stereocenters. The van der Waals surface area contributed by atoms with E-state index in [4.69, 9.17) is 16.9 Å². The van der Waals surface area contributed by atoms with Gasteiger partial charge in [0.25, 0.3) is 5.91 Å². The average molecular weight is 264 g/mol. The zero-order valence-corrected chi connectivity index (χ0v) is 10.9. The molecule has 3 N–H and O–H groups in total. The van der Waals surface area contributed by atoms with Gasteiger partial charge in [0.05, 0.1) is 6.54 Å². The summed E-state index contributed by atoms with van der Waals surface area (Å²) in [5.74, 6) is 1.34. The average Bonchev–Trinajstić information content (AvgIpc) is 2.37. The summed E-state index contributed by atoms with van der Waals surface area (Å²) in [6.07, 6.45) is 4.19. The van der Waals surface area contributed by atoms with E-state index in [1.165, 1.54) is 19.1 Å².